The number of nitrogens with zero attached hydrogens (tertiary/aromatic N) is 1. The van der Waals surface area contributed by atoms with Crippen LogP contribution in [-0.4, -0.2) is 21.4 Å². The van der Waals surface area contributed by atoms with Gasteiger partial charge in [-0.15, -0.1) is 0 Å². The molecule has 0 fully saturated rings. The molecule has 2 aromatic carbocycles. The number of carboxylic acid groups (broad SMARTS) is 1. The number of hydrogen-bond donors (Lipinski definition) is 2. The van der Waals surface area contributed by atoms with Crippen LogP contribution in [-0.2, 0) is 4.79 Å². The minimum atomic E-state index is -1.26. The summed E-state index contributed by atoms with van der Waals surface area (Å²) in [5, 5.41) is 8.83. The van der Waals surface area contributed by atoms with E-state index < -0.39 is 75.6 Å². The first-order valence-electron chi connectivity index (χ1n) is 9.06. The molecular weight excluding hydrogens is 432 g/mol. The number of carboxylic acids is 1. The number of anilines is 1. The van der Waals surface area contributed by atoms with E-state index in [1.165, 1.54) is 0 Å². The van der Waals surface area contributed by atoms with E-state index in [-0.39, 0.29) is 5.56 Å². The molecule has 0 aliphatic heterocycles. The number of halogens is 4. The van der Waals surface area contributed by atoms with Gasteiger partial charge in [0.25, 0.3) is 5.56 Å². The Morgan fingerprint density at radius 1 is 0.969 bits per heavy atom. The molecule has 1 unspecified atom stereocenters. The van der Waals surface area contributed by atoms with Crippen molar-refractivity contribution >= 4 is 17.6 Å². The van der Waals surface area contributed by atoms with Gasteiger partial charge in [-0.1, -0.05) is 0 Å². The van der Waals surface area contributed by atoms with Gasteiger partial charge in [0.2, 0.25) is 0 Å². The lowest BCUT2D eigenvalue weighted by Gasteiger charge is -2.17. The highest BCUT2D eigenvalue weighted by Crippen LogP contribution is 2.28. The van der Waals surface area contributed by atoms with Gasteiger partial charge in [-0.3, -0.25) is 19.0 Å². The zero-order chi connectivity index (χ0) is 23.7. The average Bonchev–Trinajstić information content (AvgIpc) is 2.68. The molecule has 0 amide bonds. The number of ketones is 1. The highest BCUT2D eigenvalue weighted by Gasteiger charge is 2.24. The van der Waals surface area contributed by atoms with Gasteiger partial charge in [-0.05, 0) is 48.7 Å². The fourth-order valence-corrected chi connectivity index (χ4v) is 3.16. The molecule has 0 saturated carbocycles. The molecule has 3 aromatic rings. The first-order valence-corrected chi connectivity index (χ1v) is 9.06. The van der Waals surface area contributed by atoms with Gasteiger partial charge in [0.1, 0.15) is 23.1 Å². The third kappa shape index (κ3) is 4.25. The van der Waals surface area contributed by atoms with Crippen LogP contribution in [0.5, 0.6) is 0 Å². The maximum atomic E-state index is 14.8. The molecule has 0 aliphatic rings. The maximum Gasteiger partial charge on any atom is 0.303 e. The fraction of sp³-hybridized carbons (Fsp3) is 0.0909. The Morgan fingerprint density at radius 3 is 2.12 bits per heavy atom. The molecule has 1 radical (unpaired) electrons. The van der Waals surface area contributed by atoms with Crippen LogP contribution in [0.3, 0.4) is 0 Å². The predicted molar refractivity (Wildman–Crippen MR) is 107 cm³/mol. The van der Waals surface area contributed by atoms with Gasteiger partial charge in [-0.25, -0.2) is 17.6 Å². The van der Waals surface area contributed by atoms with Crippen LogP contribution < -0.4 is 11.3 Å². The van der Waals surface area contributed by atoms with Crippen molar-refractivity contribution in [3.63, 3.8) is 0 Å². The molecule has 3 rings (SSSR count). The molecule has 10 heteroatoms. The number of benzene rings is 2. The summed E-state index contributed by atoms with van der Waals surface area (Å²) in [5.41, 5.74) is 2.89. The molecule has 32 heavy (non-hydrogen) atoms. The molecule has 1 atom stereocenters. The first kappa shape index (κ1) is 22.7. The molecule has 1 aromatic heterocycles. The summed E-state index contributed by atoms with van der Waals surface area (Å²) < 4.78 is 57.2. The van der Waals surface area contributed by atoms with Gasteiger partial charge in [-0.2, -0.15) is 0 Å². The Labute approximate surface area is 178 Å². The molecule has 6 nitrogen and oxygen atoms in total. The van der Waals surface area contributed by atoms with E-state index in [1.807, 2.05) is 0 Å². The maximum absolute atomic E-state index is 14.8. The van der Waals surface area contributed by atoms with E-state index >= 15 is 0 Å². The lowest BCUT2D eigenvalue weighted by Crippen LogP contribution is -2.25. The molecule has 0 saturated heterocycles. The van der Waals surface area contributed by atoms with Crippen molar-refractivity contribution in [1.82, 2.24) is 4.57 Å². The van der Waals surface area contributed by atoms with Crippen molar-refractivity contribution in [2.24, 2.45) is 0 Å². The largest absolute Gasteiger partial charge is 0.481 e. The van der Waals surface area contributed by atoms with Crippen LogP contribution >= 0.6 is 0 Å². The van der Waals surface area contributed by atoms with Crippen LogP contribution in [0.1, 0.15) is 33.8 Å². The van der Waals surface area contributed by atoms with Crippen LogP contribution in [0.4, 0.5) is 23.4 Å². The first-order chi connectivity index (χ1) is 15.0. The second-order valence-corrected chi connectivity index (χ2v) is 6.89. The van der Waals surface area contributed by atoms with Crippen LogP contribution in [0.25, 0.3) is 5.69 Å². The second-order valence-electron chi connectivity index (χ2n) is 6.89. The second kappa shape index (κ2) is 8.66. The number of nitrogen functional groups attached to an aromatic ring is 1. The number of aliphatic carboxylic acids is 1. The normalized spacial score (nSPS) is 11.9. The van der Waals surface area contributed by atoms with Gasteiger partial charge < -0.3 is 10.8 Å². The van der Waals surface area contributed by atoms with Crippen molar-refractivity contribution < 1.29 is 32.3 Å². The van der Waals surface area contributed by atoms with Crippen molar-refractivity contribution in [3.8, 4) is 5.69 Å². The van der Waals surface area contributed by atoms with Gasteiger partial charge in [0.05, 0.1) is 17.5 Å². The van der Waals surface area contributed by atoms with E-state index in [0.29, 0.717) is 10.6 Å². The van der Waals surface area contributed by atoms with E-state index in [4.69, 9.17) is 10.8 Å². The van der Waals surface area contributed by atoms with E-state index in [0.717, 1.165) is 36.4 Å². The minimum absolute atomic E-state index is 0.0709. The van der Waals surface area contributed by atoms with Gasteiger partial charge >= 0.3 is 5.97 Å². The zero-order valence-electron chi connectivity index (χ0n) is 16.2. The van der Waals surface area contributed by atoms with Crippen LogP contribution in [0, 0.1) is 30.2 Å². The molecule has 3 N–H and O–H groups in total. The number of carbonyl (C=O) groups is 2. The Kier molecular flexibility index (Phi) is 6.15. The zero-order valence-corrected chi connectivity index (χ0v) is 16.2. The molecule has 0 aliphatic carbocycles. The summed E-state index contributed by atoms with van der Waals surface area (Å²) in [7, 11) is 0. The summed E-state index contributed by atoms with van der Waals surface area (Å²) in [6.45, 7) is 3.54. The Morgan fingerprint density at radius 2 is 1.56 bits per heavy atom. The SMILES string of the molecule is [CH2]C(CC(=O)O)c1cc(F)c(-n2c(N)c(C(=O)c3ccc(F)cc3F)ccc2=O)c(F)c1. The highest BCUT2D eigenvalue weighted by molar-refractivity contribution is 6.11. The third-order valence-corrected chi connectivity index (χ3v) is 4.71. The van der Waals surface area contributed by atoms with Crippen molar-refractivity contribution in [2.75, 3.05) is 5.73 Å². The van der Waals surface area contributed by atoms with Crippen LogP contribution in [0.2, 0.25) is 0 Å². The topological polar surface area (TPSA) is 102 Å². The van der Waals surface area contributed by atoms with Crippen LogP contribution in [0.15, 0.2) is 47.3 Å². The Hall–Kier alpha value is -3.95. The number of pyridine rings is 1. The predicted octanol–water partition coefficient (Wildman–Crippen LogP) is 3.60. The smallest absolute Gasteiger partial charge is 0.303 e. The molecular formula is C22H15F4N2O4. The standard InChI is InChI=1S/C22H15F4N2O4/c1-10(6-19(30)31)11-7-16(25)20(17(26)8-11)28-18(29)5-4-14(22(28)27)21(32)13-3-2-12(23)9-15(13)24/h2-5,7-10H,1,6,27H2,(H,30,31). The summed E-state index contributed by atoms with van der Waals surface area (Å²) in [6, 6.07) is 5.57. The lowest BCUT2D eigenvalue weighted by molar-refractivity contribution is -0.137. The number of rotatable bonds is 6. The number of carbonyl (C=O) groups excluding carboxylic acids is 1. The highest BCUT2D eigenvalue weighted by atomic mass is 19.1. The van der Waals surface area contributed by atoms with E-state index in [9.17, 15) is 31.9 Å². The quantitative estimate of drug-likeness (QED) is 0.444. The van der Waals surface area contributed by atoms with Crippen molar-refractivity contribution in [2.45, 2.75) is 12.3 Å². The monoisotopic (exact) mass is 447 g/mol. The summed E-state index contributed by atoms with van der Waals surface area (Å²) in [5.74, 6) is -8.54. The number of aromatic nitrogens is 1. The molecule has 1 heterocycles. The molecule has 0 spiro atoms. The lowest BCUT2D eigenvalue weighted by atomic mass is 9.97. The van der Waals surface area contributed by atoms with Gasteiger partial charge in [0.15, 0.2) is 17.4 Å². The Balaban J connectivity index is 2.15. The minimum Gasteiger partial charge on any atom is -0.481 e. The number of hydrogen-bond acceptors (Lipinski definition) is 4. The fourth-order valence-electron chi connectivity index (χ4n) is 3.16. The van der Waals surface area contributed by atoms with Crippen molar-refractivity contribution in [3.05, 3.63) is 99.7 Å². The summed E-state index contributed by atoms with van der Waals surface area (Å²) >= 11 is 0. The average molecular weight is 447 g/mol. The molecule has 0 bridgehead atoms. The summed E-state index contributed by atoms with van der Waals surface area (Å²) in [4.78, 5) is 35.9. The van der Waals surface area contributed by atoms with E-state index in [2.05, 4.69) is 6.92 Å². The van der Waals surface area contributed by atoms with E-state index in [1.54, 1.807) is 0 Å². The van der Waals surface area contributed by atoms with Gasteiger partial charge in [0, 0.05) is 12.1 Å². The third-order valence-electron chi connectivity index (χ3n) is 4.71. The summed E-state index contributed by atoms with van der Waals surface area (Å²) in [6.07, 6.45) is -0.493. The molecule has 165 valence electrons. The number of nitrogens with two attached hydrogens (primary N) is 1. The Bertz CT molecular complexity index is 1280. The van der Waals surface area contributed by atoms with Crippen molar-refractivity contribution in [1.29, 1.82) is 0 Å².